The highest BCUT2D eigenvalue weighted by molar-refractivity contribution is 6.15. The lowest BCUT2D eigenvalue weighted by Gasteiger charge is -2.28. The van der Waals surface area contributed by atoms with Crippen LogP contribution in [0.5, 0.6) is 5.75 Å². The van der Waals surface area contributed by atoms with E-state index in [2.05, 4.69) is 11.8 Å². The minimum absolute atomic E-state index is 0.124. The van der Waals surface area contributed by atoms with E-state index in [1.165, 1.54) is 0 Å². The molecule has 0 unspecified atom stereocenters. The van der Waals surface area contributed by atoms with E-state index in [1.807, 2.05) is 60.7 Å². The molecule has 1 saturated heterocycles. The summed E-state index contributed by atoms with van der Waals surface area (Å²) in [4.78, 5) is 29.5. The van der Waals surface area contributed by atoms with E-state index in [0.717, 1.165) is 29.7 Å². The molecule has 4 aromatic rings. The Hall–Kier alpha value is -4.37. The minimum Gasteiger partial charge on any atom is -0.494 e. The Balaban J connectivity index is 1.83. The summed E-state index contributed by atoms with van der Waals surface area (Å²) in [6.07, 6.45) is 1.99. The zero-order valence-electron chi connectivity index (χ0n) is 24.4. The molecule has 42 heavy (non-hydrogen) atoms. The van der Waals surface area contributed by atoms with Gasteiger partial charge in [0.2, 0.25) is 0 Å². The van der Waals surface area contributed by atoms with Crippen molar-refractivity contribution in [3.63, 3.8) is 0 Å². The van der Waals surface area contributed by atoms with E-state index in [9.17, 15) is 9.59 Å². The van der Waals surface area contributed by atoms with Gasteiger partial charge in [0.1, 0.15) is 22.7 Å². The maximum Gasteiger partial charge on any atom is 0.341 e. The van der Waals surface area contributed by atoms with Crippen molar-refractivity contribution in [1.29, 1.82) is 0 Å². The SMILES string of the molecule is CCCCOc1ccc(-c2c(C(=O)OCC)c(C(=O)OCC)c3c(-c4ccccc4)cc(N4CCOCC4)nn23)cc1. The summed E-state index contributed by atoms with van der Waals surface area (Å²) in [6, 6.07) is 19.3. The molecular weight excluding hydrogens is 534 g/mol. The van der Waals surface area contributed by atoms with Crippen molar-refractivity contribution >= 4 is 23.3 Å². The zero-order chi connectivity index (χ0) is 29.5. The van der Waals surface area contributed by atoms with Crippen molar-refractivity contribution in [1.82, 2.24) is 9.61 Å². The van der Waals surface area contributed by atoms with Crippen LogP contribution in [0.1, 0.15) is 54.3 Å². The number of nitrogens with zero attached hydrogens (tertiary/aromatic N) is 3. The molecule has 0 spiro atoms. The number of hydrogen-bond acceptors (Lipinski definition) is 8. The number of morpholine rings is 1. The molecule has 2 aromatic heterocycles. The highest BCUT2D eigenvalue weighted by atomic mass is 16.5. The van der Waals surface area contributed by atoms with Crippen molar-refractivity contribution in [3.8, 4) is 28.1 Å². The summed E-state index contributed by atoms with van der Waals surface area (Å²) in [5.41, 5.74) is 3.52. The fraction of sp³-hybridized carbons (Fsp3) is 0.364. The smallest absolute Gasteiger partial charge is 0.341 e. The van der Waals surface area contributed by atoms with Crippen LogP contribution in [0.25, 0.3) is 27.9 Å². The van der Waals surface area contributed by atoms with Gasteiger partial charge in [-0.15, -0.1) is 5.10 Å². The molecule has 0 radical (unpaired) electrons. The van der Waals surface area contributed by atoms with Crippen LogP contribution in [-0.4, -0.2) is 67.7 Å². The number of carbonyl (C=O) groups is 2. The number of carbonyl (C=O) groups excluding carboxylic acids is 2. The van der Waals surface area contributed by atoms with Gasteiger partial charge in [-0.1, -0.05) is 43.7 Å². The predicted molar refractivity (Wildman–Crippen MR) is 161 cm³/mol. The molecule has 220 valence electrons. The van der Waals surface area contributed by atoms with Gasteiger partial charge in [0.05, 0.1) is 44.2 Å². The maximum atomic E-state index is 13.7. The number of rotatable bonds is 11. The van der Waals surface area contributed by atoms with Gasteiger partial charge in [-0.25, -0.2) is 14.1 Å². The molecule has 5 rings (SSSR count). The molecule has 0 aliphatic carbocycles. The highest BCUT2D eigenvalue weighted by Gasteiger charge is 2.34. The van der Waals surface area contributed by atoms with Gasteiger partial charge in [0.25, 0.3) is 0 Å². The molecule has 0 saturated carbocycles. The molecule has 2 aromatic carbocycles. The first-order valence-electron chi connectivity index (χ1n) is 14.6. The summed E-state index contributed by atoms with van der Waals surface area (Å²) < 4.78 is 24.2. The minimum atomic E-state index is -0.615. The van der Waals surface area contributed by atoms with Crippen LogP contribution in [0.15, 0.2) is 60.7 Å². The van der Waals surface area contributed by atoms with Crippen molar-refractivity contribution < 1.29 is 28.5 Å². The molecule has 0 N–H and O–H groups in total. The first-order chi connectivity index (χ1) is 20.6. The summed E-state index contributed by atoms with van der Waals surface area (Å²) in [7, 11) is 0. The van der Waals surface area contributed by atoms with Gasteiger partial charge in [0, 0.05) is 24.2 Å². The van der Waals surface area contributed by atoms with Crippen LogP contribution in [-0.2, 0) is 14.2 Å². The summed E-state index contributed by atoms with van der Waals surface area (Å²) >= 11 is 0. The largest absolute Gasteiger partial charge is 0.494 e. The zero-order valence-corrected chi connectivity index (χ0v) is 24.4. The second kappa shape index (κ2) is 13.5. The lowest BCUT2D eigenvalue weighted by molar-refractivity contribution is 0.0482. The molecule has 3 heterocycles. The van der Waals surface area contributed by atoms with Crippen molar-refractivity contribution in [3.05, 3.63) is 71.8 Å². The third kappa shape index (κ3) is 5.97. The van der Waals surface area contributed by atoms with E-state index in [0.29, 0.717) is 55.5 Å². The Morgan fingerprint density at radius 3 is 2.17 bits per heavy atom. The number of hydrogen-bond donors (Lipinski definition) is 0. The summed E-state index contributed by atoms with van der Waals surface area (Å²) in [6.45, 7) is 9.02. The number of esters is 2. The Morgan fingerprint density at radius 2 is 1.52 bits per heavy atom. The number of unbranched alkanes of at least 4 members (excludes halogenated alkanes) is 1. The van der Waals surface area contributed by atoms with Crippen LogP contribution in [0.2, 0.25) is 0 Å². The van der Waals surface area contributed by atoms with Gasteiger partial charge in [-0.05, 0) is 56.2 Å². The standard InChI is InChI=1S/C33H37N3O6/c1-4-7-19-42-25-15-13-24(14-16-25)30-28(32(37)40-5-2)29(33(38)41-6-3)31-26(23-11-9-8-10-12-23)22-27(34-36(30)31)35-17-20-39-21-18-35/h8-16,22H,4-7,17-21H2,1-3H3. The van der Waals surface area contributed by atoms with Crippen molar-refractivity contribution in [2.24, 2.45) is 0 Å². The molecule has 9 nitrogen and oxygen atoms in total. The molecule has 1 aliphatic heterocycles. The Labute approximate surface area is 245 Å². The molecule has 0 amide bonds. The number of anilines is 1. The number of ether oxygens (including phenoxy) is 4. The first-order valence-corrected chi connectivity index (χ1v) is 14.6. The number of benzene rings is 2. The fourth-order valence-corrected chi connectivity index (χ4v) is 5.14. The normalized spacial score (nSPS) is 13.3. The average molecular weight is 572 g/mol. The fourth-order valence-electron chi connectivity index (χ4n) is 5.14. The van der Waals surface area contributed by atoms with E-state index < -0.39 is 11.9 Å². The lowest BCUT2D eigenvalue weighted by Crippen LogP contribution is -2.37. The quantitative estimate of drug-likeness (QED) is 0.159. The maximum absolute atomic E-state index is 13.7. The van der Waals surface area contributed by atoms with E-state index in [-0.39, 0.29) is 24.3 Å². The van der Waals surface area contributed by atoms with Crippen LogP contribution in [0.4, 0.5) is 5.82 Å². The van der Waals surface area contributed by atoms with Gasteiger partial charge < -0.3 is 23.8 Å². The molecule has 9 heteroatoms. The molecule has 0 bridgehead atoms. The van der Waals surface area contributed by atoms with Gasteiger partial charge in [-0.2, -0.15) is 0 Å². The van der Waals surface area contributed by atoms with E-state index in [1.54, 1.807) is 18.4 Å². The van der Waals surface area contributed by atoms with Crippen LogP contribution >= 0.6 is 0 Å². The Morgan fingerprint density at radius 1 is 0.857 bits per heavy atom. The van der Waals surface area contributed by atoms with Gasteiger partial charge >= 0.3 is 11.9 Å². The van der Waals surface area contributed by atoms with Crippen LogP contribution in [0.3, 0.4) is 0 Å². The van der Waals surface area contributed by atoms with Crippen molar-refractivity contribution in [2.75, 3.05) is 51.0 Å². The molecule has 0 atom stereocenters. The topological polar surface area (TPSA) is 91.6 Å². The van der Waals surface area contributed by atoms with E-state index in [4.69, 9.17) is 24.0 Å². The number of fused-ring (bicyclic) bond motifs is 1. The predicted octanol–water partition coefficient (Wildman–Crippen LogP) is 6.04. The summed E-state index contributed by atoms with van der Waals surface area (Å²) in [5, 5.41) is 5.05. The Bertz CT molecular complexity index is 1530. The highest BCUT2D eigenvalue weighted by Crippen LogP contribution is 2.39. The Kier molecular flexibility index (Phi) is 9.38. The second-order valence-electron chi connectivity index (χ2n) is 9.91. The van der Waals surface area contributed by atoms with Crippen LogP contribution < -0.4 is 9.64 Å². The van der Waals surface area contributed by atoms with Gasteiger partial charge in [-0.3, -0.25) is 0 Å². The molecular formula is C33H37N3O6. The van der Waals surface area contributed by atoms with Crippen LogP contribution in [0, 0.1) is 0 Å². The van der Waals surface area contributed by atoms with E-state index >= 15 is 0 Å². The van der Waals surface area contributed by atoms with Crippen molar-refractivity contribution in [2.45, 2.75) is 33.6 Å². The second-order valence-corrected chi connectivity index (χ2v) is 9.91. The first kappa shape index (κ1) is 29.1. The monoisotopic (exact) mass is 571 g/mol. The third-order valence-electron chi connectivity index (χ3n) is 7.15. The molecule has 1 fully saturated rings. The summed E-state index contributed by atoms with van der Waals surface area (Å²) in [5.74, 6) is 0.215. The van der Waals surface area contributed by atoms with Gasteiger partial charge in [0.15, 0.2) is 0 Å². The lowest BCUT2D eigenvalue weighted by atomic mass is 10.0. The number of aromatic nitrogens is 2. The third-order valence-corrected chi connectivity index (χ3v) is 7.15. The molecule has 1 aliphatic rings. The average Bonchev–Trinajstić information content (AvgIpc) is 3.38.